The van der Waals surface area contributed by atoms with Crippen LogP contribution in [0.4, 0.5) is 9.59 Å². The first kappa shape index (κ1) is 21.8. The average molecular weight is 366 g/mol. The zero-order valence-electron chi connectivity index (χ0n) is 16.4. The van der Waals surface area contributed by atoms with Crippen LogP contribution in [0.3, 0.4) is 0 Å². The minimum absolute atomic E-state index is 0.0867. The Balaban J connectivity index is 2.78. The maximum atomic E-state index is 12.0. The molecule has 7 nitrogen and oxygen atoms in total. The number of amides is 2. The molecule has 0 radical (unpaired) electrons. The molecule has 0 aliphatic rings. The number of hydrogen-bond donors (Lipinski definition) is 3. The van der Waals surface area contributed by atoms with E-state index in [-0.39, 0.29) is 12.7 Å². The smallest absolute Gasteiger partial charge is 0.407 e. The number of nitrogens with one attached hydrogen (secondary N) is 2. The van der Waals surface area contributed by atoms with Crippen molar-refractivity contribution in [2.75, 3.05) is 13.2 Å². The van der Waals surface area contributed by atoms with Gasteiger partial charge in [-0.2, -0.15) is 0 Å². The Morgan fingerprint density at radius 1 is 1.04 bits per heavy atom. The molecule has 0 saturated heterocycles. The van der Waals surface area contributed by atoms with Crippen molar-refractivity contribution in [3.8, 4) is 0 Å². The van der Waals surface area contributed by atoms with Gasteiger partial charge in [-0.1, -0.05) is 24.3 Å². The molecule has 0 saturated carbocycles. The fourth-order valence-corrected chi connectivity index (χ4v) is 2.42. The monoisotopic (exact) mass is 366 g/mol. The molecule has 1 aromatic carbocycles. The second kappa shape index (κ2) is 8.89. The van der Waals surface area contributed by atoms with E-state index < -0.39 is 23.3 Å². The third kappa shape index (κ3) is 6.92. The predicted molar refractivity (Wildman–Crippen MR) is 99.2 cm³/mol. The van der Waals surface area contributed by atoms with Crippen LogP contribution in [0.2, 0.25) is 0 Å². The lowest BCUT2D eigenvalue weighted by Gasteiger charge is -2.30. The zero-order chi connectivity index (χ0) is 20.0. The van der Waals surface area contributed by atoms with E-state index in [1.807, 2.05) is 52.0 Å². The average Bonchev–Trinajstić information content (AvgIpc) is 2.50. The third-order valence-electron chi connectivity index (χ3n) is 3.91. The molecule has 0 bridgehead atoms. The molecule has 0 aliphatic heterocycles. The first-order valence-electron chi connectivity index (χ1n) is 8.63. The maximum Gasteiger partial charge on any atom is 0.407 e. The lowest BCUT2D eigenvalue weighted by Crippen LogP contribution is -2.43. The van der Waals surface area contributed by atoms with Gasteiger partial charge < -0.3 is 25.2 Å². The lowest BCUT2D eigenvalue weighted by atomic mass is 9.87. The van der Waals surface area contributed by atoms with Crippen molar-refractivity contribution < 1.29 is 24.2 Å². The first-order valence-corrected chi connectivity index (χ1v) is 8.63. The molecule has 7 heteroatoms. The molecule has 0 unspecified atom stereocenters. The molecular weight excluding hydrogens is 336 g/mol. The molecule has 0 heterocycles. The van der Waals surface area contributed by atoms with Crippen LogP contribution in [-0.4, -0.2) is 36.6 Å². The predicted octanol–water partition coefficient (Wildman–Crippen LogP) is 3.58. The van der Waals surface area contributed by atoms with Gasteiger partial charge in [0.1, 0.15) is 6.61 Å². The highest BCUT2D eigenvalue weighted by Crippen LogP contribution is 2.26. The van der Waals surface area contributed by atoms with Crippen LogP contribution < -0.4 is 10.6 Å². The van der Waals surface area contributed by atoms with Crippen molar-refractivity contribution in [3.63, 3.8) is 0 Å². The summed E-state index contributed by atoms with van der Waals surface area (Å²) in [5.74, 6) is 0. The highest BCUT2D eigenvalue weighted by atomic mass is 16.6. The standard InChI is InChI=1S/C19H30N2O5/c1-13(2)25-10-11-26-17(24)21-19(5,6)15-9-7-8-14(12-15)18(3,4)20-16(22)23/h7-9,12-13,20H,10-11H2,1-6H3,(H,21,24)(H,22,23). The Labute approximate surface area is 155 Å². The zero-order valence-corrected chi connectivity index (χ0v) is 16.4. The van der Waals surface area contributed by atoms with E-state index in [4.69, 9.17) is 14.6 Å². The van der Waals surface area contributed by atoms with Gasteiger partial charge in [0, 0.05) is 0 Å². The van der Waals surface area contributed by atoms with Gasteiger partial charge in [-0.15, -0.1) is 0 Å². The van der Waals surface area contributed by atoms with Gasteiger partial charge in [0.25, 0.3) is 0 Å². The summed E-state index contributed by atoms with van der Waals surface area (Å²) in [5.41, 5.74) is 0.189. The van der Waals surface area contributed by atoms with Crippen LogP contribution in [0.5, 0.6) is 0 Å². The number of carbonyl (C=O) groups excluding carboxylic acids is 1. The van der Waals surface area contributed by atoms with Crippen LogP contribution >= 0.6 is 0 Å². The summed E-state index contributed by atoms with van der Waals surface area (Å²) in [4.78, 5) is 23.0. The van der Waals surface area contributed by atoms with E-state index in [1.165, 1.54) is 0 Å². The van der Waals surface area contributed by atoms with Crippen molar-refractivity contribution in [3.05, 3.63) is 35.4 Å². The van der Waals surface area contributed by atoms with Crippen molar-refractivity contribution in [1.82, 2.24) is 10.6 Å². The van der Waals surface area contributed by atoms with E-state index in [9.17, 15) is 9.59 Å². The quantitative estimate of drug-likeness (QED) is 0.611. The number of benzene rings is 1. The van der Waals surface area contributed by atoms with Gasteiger partial charge in [0.2, 0.25) is 0 Å². The summed E-state index contributed by atoms with van der Waals surface area (Å²) in [6, 6.07) is 7.43. The van der Waals surface area contributed by atoms with E-state index in [1.54, 1.807) is 13.8 Å². The molecule has 146 valence electrons. The summed E-state index contributed by atoms with van der Waals surface area (Å²) >= 11 is 0. The Bertz CT molecular complexity index is 626. The molecule has 3 N–H and O–H groups in total. The van der Waals surface area contributed by atoms with Gasteiger partial charge in [-0.05, 0) is 52.7 Å². The molecule has 0 spiro atoms. The maximum absolute atomic E-state index is 12.0. The van der Waals surface area contributed by atoms with Crippen LogP contribution in [0.15, 0.2) is 24.3 Å². The molecule has 0 aromatic heterocycles. The minimum Gasteiger partial charge on any atom is -0.465 e. The summed E-state index contributed by atoms with van der Waals surface area (Å²) in [6.07, 6.45) is -1.54. The summed E-state index contributed by atoms with van der Waals surface area (Å²) in [5, 5.41) is 14.3. The van der Waals surface area contributed by atoms with Gasteiger partial charge >= 0.3 is 12.2 Å². The summed E-state index contributed by atoms with van der Waals surface area (Å²) in [6.45, 7) is 11.6. The highest BCUT2D eigenvalue weighted by molar-refractivity contribution is 5.68. The Morgan fingerprint density at radius 2 is 1.58 bits per heavy atom. The number of rotatable bonds is 8. The van der Waals surface area contributed by atoms with Crippen molar-refractivity contribution in [2.45, 2.75) is 58.7 Å². The number of carboxylic acid groups (broad SMARTS) is 1. The van der Waals surface area contributed by atoms with Gasteiger partial charge in [-0.25, -0.2) is 9.59 Å². The lowest BCUT2D eigenvalue weighted by molar-refractivity contribution is 0.0377. The SMILES string of the molecule is CC(C)OCCOC(=O)NC(C)(C)c1cccc(C(C)(C)NC(=O)O)c1. The summed E-state index contributed by atoms with van der Waals surface area (Å²) in [7, 11) is 0. The van der Waals surface area contributed by atoms with Crippen LogP contribution in [-0.2, 0) is 20.6 Å². The fourth-order valence-electron chi connectivity index (χ4n) is 2.42. The van der Waals surface area contributed by atoms with Crippen molar-refractivity contribution in [2.24, 2.45) is 0 Å². The molecule has 2 amide bonds. The molecule has 0 fully saturated rings. The van der Waals surface area contributed by atoms with Crippen molar-refractivity contribution in [1.29, 1.82) is 0 Å². The van der Waals surface area contributed by atoms with E-state index >= 15 is 0 Å². The van der Waals surface area contributed by atoms with Crippen LogP contribution in [0, 0.1) is 0 Å². The largest absolute Gasteiger partial charge is 0.465 e. The van der Waals surface area contributed by atoms with E-state index in [0.29, 0.717) is 6.61 Å². The number of hydrogen-bond acceptors (Lipinski definition) is 4. The molecule has 1 rings (SSSR count). The normalized spacial score (nSPS) is 12.0. The fraction of sp³-hybridized carbons (Fsp3) is 0.579. The van der Waals surface area contributed by atoms with Crippen molar-refractivity contribution >= 4 is 12.2 Å². The Hall–Kier alpha value is -2.28. The molecule has 0 aliphatic carbocycles. The van der Waals surface area contributed by atoms with Gasteiger partial charge in [-0.3, -0.25) is 0 Å². The second-order valence-electron chi connectivity index (χ2n) is 7.44. The second-order valence-corrected chi connectivity index (χ2v) is 7.44. The molecule has 0 atom stereocenters. The first-order chi connectivity index (χ1) is 11.9. The van der Waals surface area contributed by atoms with Crippen LogP contribution in [0.1, 0.15) is 52.7 Å². The molecule has 26 heavy (non-hydrogen) atoms. The minimum atomic E-state index is -1.09. The van der Waals surface area contributed by atoms with E-state index in [0.717, 1.165) is 11.1 Å². The Kier molecular flexibility index (Phi) is 7.44. The van der Waals surface area contributed by atoms with Crippen LogP contribution in [0.25, 0.3) is 0 Å². The van der Waals surface area contributed by atoms with E-state index in [2.05, 4.69) is 10.6 Å². The molecule has 1 aromatic rings. The number of carbonyl (C=O) groups is 2. The number of ether oxygens (including phenoxy) is 2. The Morgan fingerprint density at radius 3 is 2.08 bits per heavy atom. The molecular formula is C19H30N2O5. The topological polar surface area (TPSA) is 96.9 Å². The van der Waals surface area contributed by atoms with Gasteiger partial charge in [0.15, 0.2) is 0 Å². The third-order valence-corrected chi connectivity index (χ3v) is 3.91. The summed E-state index contributed by atoms with van der Waals surface area (Å²) < 4.78 is 10.5. The van der Waals surface area contributed by atoms with Gasteiger partial charge in [0.05, 0.1) is 23.8 Å². The number of alkyl carbamates (subject to hydrolysis) is 1. The highest BCUT2D eigenvalue weighted by Gasteiger charge is 2.27.